The van der Waals surface area contributed by atoms with E-state index in [1.165, 1.54) is 12.8 Å². The monoisotopic (exact) mass is 251 g/mol. The predicted molar refractivity (Wildman–Crippen MR) is 70.6 cm³/mol. The molecule has 1 N–H and O–H groups in total. The summed E-state index contributed by atoms with van der Waals surface area (Å²) in [5.41, 5.74) is 1.32. The van der Waals surface area contributed by atoms with Crippen molar-refractivity contribution < 1.29 is 14.2 Å². The van der Waals surface area contributed by atoms with Crippen molar-refractivity contribution in [2.75, 3.05) is 21.3 Å². The lowest BCUT2D eigenvalue weighted by Crippen LogP contribution is -2.27. The van der Waals surface area contributed by atoms with Gasteiger partial charge in [-0.3, -0.25) is 0 Å². The largest absolute Gasteiger partial charge is 0.496 e. The van der Waals surface area contributed by atoms with Crippen LogP contribution in [0.2, 0.25) is 0 Å². The van der Waals surface area contributed by atoms with Crippen LogP contribution in [0.4, 0.5) is 0 Å². The molecule has 0 bridgehead atoms. The average molecular weight is 251 g/mol. The van der Waals surface area contributed by atoms with Gasteiger partial charge < -0.3 is 19.5 Å². The predicted octanol–water partition coefficient (Wildman–Crippen LogP) is 2.35. The molecule has 0 amide bonds. The minimum Gasteiger partial charge on any atom is -0.496 e. The molecule has 1 aliphatic carbocycles. The number of ether oxygens (including phenoxy) is 3. The molecule has 0 aromatic heterocycles. The first-order chi connectivity index (χ1) is 8.61. The zero-order valence-electron chi connectivity index (χ0n) is 11.5. The number of hydrogen-bond donors (Lipinski definition) is 1. The van der Waals surface area contributed by atoms with E-state index in [1.54, 1.807) is 21.3 Å². The molecule has 4 nitrogen and oxygen atoms in total. The van der Waals surface area contributed by atoms with E-state index >= 15 is 0 Å². The van der Waals surface area contributed by atoms with Gasteiger partial charge in [-0.1, -0.05) is 0 Å². The van der Waals surface area contributed by atoms with Crippen molar-refractivity contribution in [3.05, 3.63) is 17.7 Å². The molecular weight excluding hydrogens is 230 g/mol. The highest BCUT2D eigenvalue weighted by Gasteiger charge is 2.36. The molecule has 0 radical (unpaired) electrons. The first-order valence-corrected chi connectivity index (χ1v) is 6.16. The number of methoxy groups -OCH3 is 3. The summed E-state index contributed by atoms with van der Waals surface area (Å²) >= 11 is 0. The molecule has 2 rings (SSSR count). The quantitative estimate of drug-likeness (QED) is 0.842. The van der Waals surface area contributed by atoms with Crippen molar-refractivity contribution in [3.8, 4) is 17.2 Å². The summed E-state index contributed by atoms with van der Waals surface area (Å²) in [6.45, 7) is 2.97. The van der Waals surface area contributed by atoms with Crippen LogP contribution in [0, 0.1) is 0 Å². The molecule has 1 aliphatic rings. The van der Waals surface area contributed by atoms with Crippen LogP contribution in [0.1, 0.15) is 25.3 Å². The van der Waals surface area contributed by atoms with E-state index < -0.39 is 0 Å². The highest BCUT2D eigenvalue weighted by atomic mass is 16.5. The van der Waals surface area contributed by atoms with Gasteiger partial charge >= 0.3 is 0 Å². The zero-order valence-corrected chi connectivity index (χ0v) is 11.5. The average Bonchev–Trinajstić information content (AvgIpc) is 3.13. The van der Waals surface area contributed by atoms with E-state index in [9.17, 15) is 0 Å². The molecule has 0 aliphatic heterocycles. The second-order valence-corrected chi connectivity index (χ2v) is 4.92. The fourth-order valence-corrected chi connectivity index (χ4v) is 1.92. The Kier molecular flexibility index (Phi) is 3.66. The first kappa shape index (κ1) is 13.0. The summed E-state index contributed by atoms with van der Waals surface area (Å²) < 4.78 is 16.1. The smallest absolute Gasteiger partial charge is 0.130 e. The van der Waals surface area contributed by atoms with Gasteiger partial charge in [0.05, 0.1) is 26.9 Å². The summed E-state index contributed by atoms with van der Waals surface area (Å²) in [6.07, 6.45) is 2.46. The van der Waals surface area contributed by atoms with E-state index in [4.69, 9.17) is 14.2 Å². The lowest BCUT2D eigenvalue weighted by molar-refractivity contribution is 0.364. The van der Waals surface area contributed by atoms with Gasteiger partial charge in [0.15, 0.2) is 0 Å². The Morgan fingerprint density at radius 2 is 1.61 bits per heavy atom. The molecule has 1 fully saturated rings. The van der Waals surface area contributed by atoms with Gasteiger partial charge in [0.25, 0.3) is 0 Å². The third-order valence-electron chi connectivity index (χ3n) is 3.51. The minimum absolute atomic E-state index is 0.288. The van der Waals surface area contributed by atoms with Gasteiger partial charge in [-0.25, -0.2) is 0 Å². The Morgan fingerprint density at radius 3 is 2.00 bits per heavy atom. The number of benzene rings is 1. The molecule has 1 aromatic carbocycles. The van der Waals surface area contributed by atoms with E-state index in [2.05, 4.69) is 12.2 Å². The molecular formula is C14H21NO3. The SMILES string of the molecule is COc1cc(OC)c(CNC2(C)CC2)c(OC)c1. The lowest BCUT2D eigenvalue weighted by Gasteiger charge is -2.17. The zero-order chi connectivity index (χ0) is 13.2. The van der Waals surface area contributed by atoms with Gasteiger partial charge in [-0.05, 0) is 19.8 Å². The van der Waals surface area contributed by atoms with Gasteiger partial charge in [-0.15, -0.1) is 0 Å². The topological polar surface area (TPSA) is 39.7 Å². The molecule has 100 valence electrons. The highest BCUT2D eigenvalue weighted by Crippen LogP contribution is 2.38. The Balaban J connectivity index is 2.24. The van der Waals surface area contributed by atoms with Crippen LogP contribution in [0.5, 0.6) is 17.2 Å². The fraction of sp³-hybridized carbons (Fsp3) is 0.571. The van der Waals surface area contributed by atoms with Gasteiger partial charge in [0, 0.05) is 24.2 Å². The Labute approximate surface area is 108 Å². The third-order valence-corrected chi connectivity index (χ3v) is 3.51. The Bertz CT molecular complexity index is 402. The summed E-state index contributed by atoms with van der Waals surface area (Å²) in [6, 6.07) is 3.77. The summed E-state index contributed by atoms with van der Waals surface area (Å²) in [5, 5.41) is 3.54. The van der Waals surface area contributed by atoms with E-state index in [-0.39, 0.29) is 5.54 Å². The maximum Gasteiger partial charge on any atom is 0.130 e. The Hall–Kier alpha value is -1.42. The fourth-order valence-electron chi connectivity index (χ4n) is 1.92. The standard InChI is InChI=1S/C14H21NO3/c1-14(5-6-14)15-9-11-12(17-3)7-10(16-2)8-13(11)18-4/h7-8,15H,5-6,9H2,1-4H3. The normalized spacial score (nSPS) is 16.2. The van der Waals surface area contributed by atoms with Crippen molar-refractivity contribution in [3.63, 3.8) is 0 Å². The number of hydrogen-bond acceptors (Lipinski definition) is 4. The van der Waals surface area contributed by atoms with E-state index in [1.807, 2.05) is 12.1 Å². The molecule has 0 unspecified atom stereocenters. The molecule has 4 heteroatoms. The highest BCUT2D eigenvalue weighted by molar-refractivity contribution is 5.50. The minimum atomic E-state index is 0.288. The molecule has 1 saturated carbocycles. The summed E-state index contributed by atoms with van der Waals surface area (Å²) in [4.78, 5) is 0. The second-order valence-electron chi connectivity index (χ2n) is 4.92. The van der Waals surface area contributed by atoms with Crippen LogP contribution in [0.25, 0.3) is 0 Å². The van der Waals surface area contributed by atoms with Gasteiger partial charge in [-0.2, -0.15) is 0 Å². The Morgan fingerprint density at radius 1 is 1.06 bits per heavy atom. The van der Waals surface area contributed by atoms with Crippen molar-refractivity contribution in [2.45, 2.75) is 31.8 Å². The van der Waals surface area contributed by atoms with Gasteiger partial charge in [0.1, 0.15) is 17.2 Å². The van der Waals surface area contributed by atoms with Gasteiger partial charge in [0.2, 0.25) is 0 Å². The molecule has 0 atom stereocenters. The van der Waals surface area contributed by atoms with E-state index in [0.717, 1.165) is 29.4 Å². The molecule has 1 aromatic rings. The van der Waals surface area contributed by atoms with E-state index in [0.29, 0.717) is 0 Å². The van der Waals surface area contributed by atoms with Crippen molar-refractivity contribution in [2.24, 2.45) is 0 Å². The maximum atomic E-state index is 5.42. The van der Waals surface area contributed by atoms with Crippen LogP contribution < -0.4 is 19.5 Å². The van der Waals surface area contributed by atoms with Crippen molar-refractivity contribution in [1.82, 2.24) is 5.32 Å². The summed E-state index contributed by atoms with van der Waals surface area (Å²) in [5.74, 6) is 2.33. The van der Waals surface area contributed by atoms with Crippen LogP contribution >= 0.6 is 0 Å². The maximum absolute atomic E-state index is 5.42. The van der Waals surface area contributed by atoms with Crippen LogP contribution in [-0.4, -0.2) is 26.9 Å². The molecule has 0 heterocycles. The van der Waals surface area contributed by atoms with Crippen LogP contribution in [0.15, 0.2) is 12.1 Å². The van der Waals surface area contributed by atoms with Crippen molar-refractivity contribution >= 4 is 0 Å². The first-order valence-electron chi connectivity index (χ1n) is 6.16. The van der Waals surface area contributed by atoms with Crippen molar-refractivity contribution in [1.29, 1.82) is 0 Å². The molecule has 0 saturated heterocycles. The number of nitrogens with one attached hydrogen (secondary N) is 1. The molecule has 18 heavy (non-hydrogen) atoms. The van der Waals surface area contributed by atoms with Crippen LogP contribution in [0.3, 0.4) is 0 Å². The molecule has 0 spiro atoms. The third kappa shape index (κ3) is 2.70. The number of rotatable bonds is 6. The lowest BCUT2D eigenvalue weighted by atomic mass is 10.1. The summed E-state index contributed by atoms with van der Waals surface area (Å²) in [7, 11) is 4.96. The van der Waals surface area contributed by atoms with Crippen LogP contribution in [-0.2, 0) is 6.54 Å². The second kappa shape index (κ2) is 5.06.